The van der Waals surface area contributed by atoms with E-state index in [9.17, 15) is 8.42 Å². The molecule has 24 heavy (non-hydrogen) atoms. The third-order valence-corrected chi connectivity index (χ3v) is 5.36. The number of rotatable bonds is 9. The number of hydrogen-bond donors (Lipinski definition) is 1. The Labute approximate surface area is 146 Å². The van der Waals surface area contributed by atoms with Crippen LogP contribution in [0.25, 0.3) is 0 Å². The van der Waals surface area contributed by atoms with Crippen LogP contribution in [0, 0.1) is 0 Å². The Morgan fingerprint density at radius 2 is 1.62 bits per heavy atom. The molecule has 0 saturated heterocycles. The van der Waals surface area contributed by atoms with Crippen molar-refractivity contribution in [3.8, 4) is 5.75 Å². The fraction of sp³-hybridized carbons (Fsp3) is 0.667. The van der Waals surface area contributed by atoms with Gasteiger partial charge in [-0.05, 0) is 58.2 Å². The van der Waals surface area contributed by atoms with Crippen molar-refractivity contribution in [1.29, 1.82) is 0 Å². The number of benzene rings is 1. The fourth-order valence-electron chi connectivity index (χ4n) is 1.93. The molecule has 6 heteroatoms. The maximum atomic E-state index is 11.8. The second-order valence-corrected chi connectivity index (χ2v) is 9.54. The van der Waals surface area contributed by atoms with Gasteiger partial charge in [-0.15, -0.1) is 0 Å². The molecular formula is C18H31NO4S. The van der Waals surface area contributed by atoms with Gasteiger partial charge in [0, 0.05) is 6.54 Å². The minimum absolute atomic E-state index is 0.0943. The Morgan fingerprint density at radius 3 is 2.12 bits per heavy atom. The maximum absolute atomic E-state index is 11.8. The molecule has 0 aromatic heterocycles. The molecule has 0 aliphatic heterocycles. The molecule has 1 N–H and O–H groups in total. The highest BCUT2D eigenvalue weighted by Crippen LogP contribution is 2.19. The van der Waals surface area contributed by atoms with E-state index in [-0.39, 0.29) is 11.5 Å². The maximum Gasteiger partial charge on any atom is 0.213 e. The largest absolute Gasteiger partial charge is 0.491 e. The van der Waals surface area contributed by atoms with Gasteiger partial charge in [0.1, 0.15) is 12.4 Å². The molecule has 0 amide bonds. The van der Waals surface area contributed by atoms with Gasteiger partial charge in [0.25, 0.3) is 0 Å². The molecule has 0 aliphatic carbocycles. The van der Waals surface area contributed by atoms with Crippen LogP contribution in [0.4, 0.5) is 0 Å². The van der Waals surface area contributed by atoms with Gasteiger partial charge in [-0.25, -0.2) is 13.1 Å². The molecule has 1 rings (SSSR count). The predicted molar refractivity (Wildman–Crippen MR) is 98.1 cm³/mol. The summed E-state index contributed by atoms with van der Waals surface area (Å²) in [6.45, 7) is 12.8. The smallest absolute Gasteiger partial charge is 0.213 e. The van der Waals surface area contributed by atoms with Crippen LogP contribution in [0.5, 0.6) is 5.75 Å². The molecule has 0 fully saturated rings. The Balaban J connectivity index is 2.46. The molecule has 0 heterocycles. The second-order valence-electron chi connectivity index (χ2n) is 7.22. The summed E-state index contributed by atoms with van der Waals surface area (Å²) in [5, 5.41) is -0.421. The van der Waals surface area contributed by atoms with Crippen molar-refractivity contribution in [3.63, 3.8) is 0 Å². The number of sulfonamides is 1. The van der Waals surface area contributed by atoms with E-state index in [1.165, 1.54) is 0 Å². The lowest BCUT2D eigenvalue weighted by Gasteiger charge is -2.19. The first kappa shape index (κ1) is 20.9. The fourth-order valence-corrected chi connectivity index (χ4v) is 2.74. The second kappa shape index (κ2) is 8.83. The lowest BCUT2D eigenvalue weighted by atomic mass is 10.0. The van der Waals surface area contributed by atoms with Crippen LogP contribution in [0.3, 0.4) is 0 Å². The molecule has 0 spiro atoms. The van der Waals surface area contributed by atoms with Crippen LogP contribution in [0.1, 0.15) is 53.0 Å². The molecule has 1 atom stereocenters. The third kappa shape index (κ3) is 7.64. The lowest BCUT2D eigenvalue weighted by molar-refractivity contribution is -0.0163. The molecule has 0 aliphatic rings. The van der Waals surface area contributed by atoms with E-state index in [2.05, 4.69) is 4.72 Å². The first-order valence-corrected chi connectivity index (χ1v) is 9.91. The van der Waals surface area contributed by atoms with Gasteiger partial charge in [0.2, 0.25) is 10.0 Å². The van der Waals surface area contributed by atoms with Crippen molar-refractivity contribution in [2.45, 2.75) is 58.3 Å². The van der Waals surface area contributed by atoms with E-state index in [1.807, 2.05) is 52.0 Å². The normalized spacial score (nSPS) is 14.0. The monoisotopic (exact) mass is 357 g/mol. The summed E-state index contributed by atoms with van der Waals surface area (Å²) in [6.07, 6.45) is 0. The Hall–Kier alpha value is -1.11. The van der Waals surface area contributed by atoms with Crippen LogP contribution in [0.15, 0.2) is 24.3 Å². The highest BCUT2D eigenvalue weighted by atomic mass is 32.2. The average molecular weight is 358 g/mol. The molecule has 5 nitrogen and oxygen atoms in total. The molecule has 1 aromatic rings. The van der Waals surface area contributed by atoms with Gasteiger partial charge in [0.15, 0.2) is 0 Å². The predicted octanol–water partition coefficient (Wildman–Crippen LogP) is 3.31. The summed E-state index contributed by atoms with van der Waals surface area (Å²) < 4.78 is 37.5. The van der Waals surface area contributed by atoms with Gasteiger partial charge < -0.3 is 9.47 Å². The van der Waals surface area contributed by atoms with Crippen molar-refractivity contribution < 1.29 is 17.9 Å². The van der Waals surface area contributed by atoms with E-state index < -0.39 is 15.3 Å². The minimum atomic E-state index is -3.23. The number of ether oxygens (including phenoxy) is 2. The summed E-state index contributed by atoms with van der Waals surface area (Å²) in [6, 6.07) is 7.74. The Morgan fingerprint density at radius 1 is 1.04 bits per heavy atom. The van der Waals surface area contributed by atoms with Crippen molar-refractivity contribution in [2.24, 2.45) is 0 Å². The molecule has 138 valence electrons. The Bertz CT molecular complexity index is 588. The quantitative estimate of drug-likeness (QED) is 0.689. The molecular weight excluding hydrogens is 326 g/mol. The van der Waals surface area contributed by atoms with Crippen LogP contribution in [0.2, 0.25) is 0 Å². The minimum Gasteiger partial charge on any atom is -0.491 e. The van der Waals surface area contributed by atoms with Gasteiger partial charge in [-0.3, -0.25) is 0 Å². The topological polar surface area (TPSA) is 64.6 Å². The third-order valence-electron chi connectivity index (χ3n) is 3.55. The van der Waals surface area contributed by atoms with E-state index in [0.717, 1.165) is 11.3 Å². The van der Waals surface area contributed by atoms with Gasteiger partial charge in [0.05, 0.1) is 17.5 Å². The summed E-state index contributed by atoms with van der Waals surface area (Å²) in [5.74, 6) is 0.878. The van der Waals surface area contributed by atoms with E-state index in [1.54, 1.807) is 13.8 Å². The zero-order valence-electron chi connectivity index (χ0n) is 15.6. The molecule has 1 aromatic carbocycles. The molecule has 1 unspecified atom stereocenters. The average Bonchev–Trinajstić information content (AvgIpc) is 2.49. The lowest BCUT2D eigenvalue weighted by Crippen LogP contribution is -2.33. The van der Waals surface area contributed by atoms with Gasteiger partial charge >= 0.3 is 0 Å². The number of hydrogen-bond acceptors (Lipinski definition) is 4. The van der Waals surface area contributed by atoms with Crippen molar-refractivity contribution in [2.75, 3.05) is 19.8 Å². The van der Waals surface area contributed by atoms with E-state index in [4.69, 9.17) is 9.47 Å². The molecule has 0 radical (unpaired) electrons. The van der Waals surface area contributed by atoms with E-state index in [0.29, 0.717) is 19.8 Å². The summed E-state index contributed by atoms with van der Waals surface area (Å²) in [5.41, 5.74) is 0.908. The molecule has 0 bridgehead atoms. The zero-order chi connectivity index (χ0) is 18.4. The van der Waals surface area contributed by atoms with Crippen LogP contribution in [-0.4, -0.2) is 39.0 Å². The SMILES string of the molecule is CC(CNS(=O)(=O)C(C)C)c1ccc(OCCOC(C)(C)C)cc1. The number of nitrogens with one attached hydrogen (secondary N) is 1. The first-order valence-electron chi connectivity index (χ1n) is 8.36. The zero-order valence-corrected chi connectivity index (χ0v) is 16.4. The van der Waals surface area contributed by atoms with Crippen molar-refractivity contribution in [1.82, 2.24) is 4.72 Å². The van der Waals surface area contributed by atoms with Crippen molar-refractivity contribution >= 4 is 10.0 Å². The highest BCUT2D eigenvalue weighted by molar-refractivity contribution is 7.90. The van der Waals surface area contributed by atoms with Gasteiger partial charge in [-0.2, -0.15) is 0 Å². The first-order chi connectivity index (χ1) is 11.0. The Kier molecular flexibility index (Phi) is 7.70. The van der Waals surface area contributed by atoms with Crippen LogP contribution in [-0.2, 0) is 14.8 Å². The standard InChI is InChI=1S/C18H31NO4S/c1-14(2)24(20,21)19-13-15(3)16-7-9-17(10-8-16)22-11-12-23-18(4,5)6/h7-10,14-15,19H,11-13H2,1-6H3. The highest BCUT2D eigenvalue weighted by Gasteiger charge is 2.17. The summed E-state index contributed by atoms with van der Waals surface area (Å²) in [4.78, 5) is 0. The summed E-state index contributed by atoms with van der Waals surface area (Å²) in [7, 11) is -3.23. The molecule has 0 saturated carbocycles. The summed E-state index contributed by atoms with van der Waals surface area (Å²) >= 11 is 0. The van der Waals surface area contributed by atoms with Gasteiger partial charge in [-0.1, -0.05) is 19.1 Å². The van der Waals surface area contributed by atoms with Crippen molar-refractivity contribution in [3.05, 3.63) is 29.8 Å². The van der Waals surface area contributed by atoms with Crippen LogP contribution >= 0.6 is 0 Å². The van der Waals surface area contributed by atoms with E-state index >= 15 is 0 Å². The van der Waals surface area contributed by atoms with Crippen LogP contribution < -0.4 is 9.46 Å².